The predicted molar refractivity (Wildman–Crippen MR) is 68.5 cm³/mol. The molecule has 0 radical (unpaired) electrons. The maximum atomic E-state index is 11.3. The van der Waals surface area contributed by atoms with E-state index in [9.17, 15) is 13.2 Å². The van der Waals surface area contributed by atoms with Gasteiger partial charge in [-0.25, -0.2) is 8.42 Å². The van der Waals surface area contributed by atoms with Crippen molar-refractivity contribution in [3.05, 3.63) is 23.3 Å². The monoisotopic (exact) mass is 291 g/mol. The molecule has 1 amide bonds. The van der Waals surface area contributed by atoms with Gasteiger partial charge in [0.25, 0.3) is 15.0 Å². The molecule has 0 unspecified atom stereocenters. The van der Waals surface area contributed by atoms with Crippen molar-refractivity contribution in [2.24, 2.45) is 0 Å². The molecule has 18 heavy (non-hydrogen) atoms. The molecule has 0 saturated heterocycles. The number of carbonyl (C=O) groups is 1. The molecule has 0 fully saturated rings. The second-order valence-corrected chi connectivity index (χ2v) is 6.25. The van der Waals surface area contributed by atoms with Crippen molar-refractivity contribution >= 4 is 25.6 Å². The van der Waals surface area contributed by atoms with Crippen molar-refractivity contribution in [3.63, 3.8) is 0 Å². The maximum Gasteiger partial charge on any atom is 0.261 e. The number of nitrogens with one attached hydrogen (secondary N) is 1. The molecular formula is C11H14ClNO4S. The number of hydrogen-bond acceptors (Lipinski definition) is 4. The first-order chi connectivity index (χ1) is 8.27. The summed E-state index contributed by atoms with van der Waals surface area (Å²) in [5, 5.41) is 2.42. The summed E-state index contributed by atoms with van der Waals surface area (Å²) in [6, 6.07) is 2.85. The van der Waals surface area contributed by atoms with E-state index in [1.807, 2.05) is 0 Å². The lowest BCUT2D eigenvalue weighted by molar-refractivity contribution is -0.122. The summed E-state index contributed by atoms with van der Waals surface area (Å²) in [6.07, 6.45) is 0. The van der Waals surface area contributed by atoms with Crippen LogP contribution >= 0.6 is 10.7 Å². The normalized spacial score (nSPS) is 11.1. The number of amides is 1. The van der Waals surface area contributed by atoms with Crippen LogP contribution < -0.4 is 10.1 Å². The molecule has 0 atom stereocenters. The van der Waals surface area contributed by atoms with Gasteiger partial charge in [-0.2, -0.15) is 0 Å². The van der Waals surface area contributed by atoms with Gasteiger partial charge in [-0.05, 0) is 37.1 Å². The fraction of sp³-hybridized carbons (Fsp3) is 0.364. The van der Waals surface area contributed by atoms with Crippen LogP contribution in [-0.2, 0) is 13.8 Å². The highest BCUT2D eigenvalue weighted by Gasteiger charge is 2.17. The number of carbonyl (C=O) groups excluding carboxylic acids is 1. The first kappa shape index (κ1) is 14.8. The molecule has 0 saturated carbocycles. The highest BCUT2D eigenvalue weighted by molar-refractivity contribution is 8.13. The van der Waals surface area contributed by atoms with E-state index in [0.29, 0.717) is 16.9 Å². The Hall–Kier alpha value is -1.27. The van der Waals surface area contributed by atoms with Gasteiger partial charge in [0.15, 0.2) is 6.61 Å². The zero-order valence-corrected chi connectivity index (χ0v) is 11.9. The van der Waals surface area contributed by atoms with Gasteiger partial charge >= 0.3 is 0 Å². The van der Waals surface area contributed by atoms with Gasteiger partial charge < -0.3 is 10.1 Å². The molecule has 1 N–H and O–H groups in total. The van der Waals surface area contributed by atoms with Crippen LogP contribution in [0.4, 0.5) is 0 Å². The molecule has 0 aliphatic carbocycles. The molecule has 0 spiro atoms. The summed E-state index contributed by atoms with van der Waals surface area (Å²) in [6.45, 7) is 3.22. The highest BCUT2D eigenvalue weighted by atomic mass is 35.7. The van der Waals surface area contributed by atoms with E-state index in [-0.39, 0.29) is 17.4 Å². The van der Waals surface area contributed by atoms with Crippen LogP contribution in [0.3, 0.4) is 0 Å². The molecule has 0 aromatic heterocycles. The van der Waals surface area contributed by atoms with Crippen molar-refractivity contribution in [1.82, 2.24) is 5.32 Å². The van der Waals surface area contributed by atoms with Crippen molar-refractivity contribution in [3.8, 4) is 5.75 Å². The molecule has 1 aromatic carbocycles. The molecule has 0 heterocycles. The minimum absolute atomic E-state index is 0.0500. The smallest absolute Gasteiger partial charge is 0.261 e. The maximum absolute atomic E-state index is 11.3. The fourth-order valence-corrected chi connectivity index (χ4v) is 2.66. The first-order valence-corrected chi connectivity index (χ1v) is 7.46. The lowest BCUT2D eigenvalue weighted by Crippen LogP contribution is -2.25. The average Bonchev–Trinajstić information content (AvgIpc) is 2.28. The zero-order valence-electron chi connectivity index (χ0n) is 10.3. The second kappa shape index (κ2) is 5.58. The SMILES string of the molecule is CNC(=O)COc1ccc(S(=O)(=O)Cl)c(C)c1C. The number of rotatable bonds is 4. The number of ether oxygens (including phenoxy) is 1. The second-order valence-electron chi connectivity index (χ2n) is 3.71. The Morgan fingerprint density at radius 3 is 2.44 bits per heavy atom. The van der Waals surface area contributed by atoms with Crippen LogP contribution in [0.5, 0.6) is 5.75 Å². The van der Waals surface area contributed by atoms with Gasteiger partial charge in [-0.3, -0.25) is 4.79 Å². The molecule has 5 nitrogen and oxygen atoms in total. The van der Waals surface area contributed by atoms with Gasteiger partial charge in [-0.15, -0.1) is 0 Å². The van der Waals surface area contributed by atoms with Crippen LogP contribution in [0.15, 0.2) is 17.0 Å². The summed E-state index contributed by atoms with van der Waals surface area (Å²) in [7, 11) is 3.04. The molecule has 100 valence electrons. The predicted octanol–water partition coefficient (Wildman–Crippen LogP) is 1.36. The van der Waals surface area contributed by atoms with Gasteiger partial charge in [-0.1, -0.05) is 0 Å². The Morgan fingerprint density at radius 1 is 1.33 bits per heavy atom. The molecular weight excluding hydrogens is 278 g/mol. The van der Waals surface area contributed by atoms with Crippen molar-refractivity contribution < 1.29 is 17.9 Å². The van der Waals surface area contributed by atoms with E-state index in [1.165, 1.54) is 19.2 Å². The molecule has 7 heteroatoms. The highest BCUT2D eigenvalue weighted by Crippen LogP contribution is 2.28. The number of hydrogen-bond donors (Lipinski definition) is 1. The van der Waals surface area contributed by atoms with E-state index < -0.39 is 9.05 Å². The molecule has 1 rings (SSSR count). The van der Waals surface area contributed by atoms with Crippen LogP contribution in [0.1, 0.15) is 11.1 Å². The quantitative estimate of drug-likeness (QED) is 0.850. The lowest BCUT2D eigenvalue weighted by Gasteiger charge is -2.12. The minimum atomic E-state index is -3.77. The standard InChI is InChI=1S/C11H14ClNO4S/c1-7-8(2)10(18(12,15)16)5-4-9(7)17-6-11(14)13-3/h4-5H,6H2,1-3H3,(H,13,14). The number of likely N-dealkylation sites (N-methyl/N-ethyl adjacent to an activating group) is 1. The van der Waals surface area contributed by atoms with Crippen LogP contribution in [0, 0.1) is 13.8 Å². The van der Waals surface area contributed by atoms with E-state index in [0.717, 1.165) is 0 Å². The Labute approximate surface area is 111 Å². The first-order valence-electron chi connectivity index (χ1n) is 5.15. The summed E-state index contributed by atoms with van der Waals surface area (Å²) in [4.78, 5) is 11.1. The van der Waals surface area contributed by atoms with Crippen LogP contribution in [0.2, 0.25) is 0 Å². The average molecular weight is 292 g/mol. The van der Waals surface area contributed by atoms with Crippen molar-refractivity contribution in [2.45, 2.75) is 18.7 Å². The van der Waals surface area contributed by atoms with Gasteiger partial charge in [0.2, 0.25) is 0 Å². The lowest BCUT2D eigenvalue weighted by atomic mass is 10.1. The van der Waals surface area contributed by atoms with E-state index >= 15 is 0 Å². The number of halogens is 1. The summed E-state index contributed by atoms with van der Waals surface area (Å²) >= 11 is 0. The van der Waals surface area contributed by atoms with E-state index in [2.05, 4.69) is 5.32 Å². The molecule has 1 aromatic rings. The van der Waals surface area contributed by atoms with Crippen LogP contribution in [0.25, 0.3) is 0 Å². The van der Waals surface area contributed by atoms with E-state index in [1.54, 1.807) is 13.8 Å². The Morgan fingerprint density at radius 2 is 1.94 bits per heavy atom. The summed E-state index contributed by atoms with van der Waals surface area (Å²) in [5.41, 5.74) is 1.15. The third-order valence-corrected chi connectivity index (χ3v) is 4.05. The minimum Gasteiger partial charge on any atom is -0.483 e. The summed E-state index contributed by atoms with van der Waals surface area (Å²) < 4.78 is 27.9. The third-order valence-electron chi connectivity index (χ3n) is 2.59. The largest absolute Gasteiger partial charge is 0.483 e. The van der Waals surface area contributed by atoms with Crippen molar-refractivity contribution in [2.75, 3.05) is 13.7 Å². The Balaban J connectivity index is 3.06. The van der Waals surface area contributed by atoms with Gasteiger partial charge in [0.1, 0.15) is 5.75 Å². The molecule has 0 aliphatic rings. The zero-order chi connectivity index (χ0) is 13.9. The van der Waals surface area contributed by atoms with Crippen LogP contribution in [-0.4, -0.2) is 28.0 Å². The summed E-state index contributed by atoms with van der Waals surface area (Å²) in [5.74, 6) is 0.196. The Bertz CT molecular complexity index is 569. The number of benzene rings is 1. The van der Waals surface area contributed by atoms with Gasteiger partial charge in [0.05, 0.1) is 4.90 Å². The Kier molecular flexibility index (Phi) is 4.59. The topological polar surface area (TPSA) is 72.5 Å². The van der Waals surface area contributed by atoms with Gasteiger partial charge in [0, 0.05) is 17.7 Å². The molecule has 0 bridgehead atoms. The fourth-order valence-electron chi connectivity index (χ4n) is 1.41. The third kappa shape index (κ3) is 3.36. The van der Waals surface area contributed by atoms with E-state index in [4.69, 9.17) is 15.4 Å². The molecule has 0 aliphatic heterocycles. The van der Waals surface area contributed by atoms with Crippen molar-refractivity contribution in [1.29, 1.82) is 0 Å².